The topological polar surface area (TPSA) is 12.0 Å². The van der Waals surface area contributed by atoms with Crippen LogP contribution in [-0.2, 0) is 6.42 Å². The molecule has 1 unspecified atom stereocenters. The van der Waals surface area contributed by atoms with E-state index in [1.807, 2.05) is 19.1 Å². The van der Waals surface area contributed by atoms with E-state index in [1.54, 1.807) is 0 Å². The normalized spacial score (nSPS) is 12.4. The van der Waals surface area contributed by atoms with Crippen LogP contribution in [0, 0.1) is 6.92 Å². The van der Waals surface area contributed by atoms with Crippen molar-refractivity contribution in [3.63, 3.8) is 0 Å². The van der Waals surface area contributed by atoms with Crippen LogP contribution in [-0.4, -0.2) is 6.54 Å². The van der Waals surface area contributed by atoms with E-state index in [-0.39, 0.29) is 0 Å². The molecule has 0 heterocycles. The summed E-state index contributed by atoms with van der Waals surface area (Å²) >= 11 is 9.75. The van der Waals surface area contributed by atoms with Gasteiger partial charge in [-0.2, -0.15) is 0 Å². The molecule has 2 aromatic carbocycles. The third-order valence-corrected chi connectivity index (χ3v) is 4.61. The van der Waals surface area contributed by atoms with Crippen molar-refractivity contribution in [2.24, 2.45) is 0 Å². The smallest absolute Gasteiger partial charge is 0.0435 e. The Morgan fingerprint density at radius 1 is 1.20 bits per heavy atom. The van der Waals surface area contributed by atoms with E-state index in [4.69, 9.17) is 11.6 Å². The van der Waals surface area contributed by atoms with Crippen molar-refractivity contribution in [1.82, 2.24) is 5.32 Å². The maximum atomic E-state index is 6.12. The summed E-state index contributed by atoms with van der Waals surface area (Å²) in [6.45, 7) is 5.12. The van der Waals surface area contributed by atoms with Crippen LogP contribution in [0.2, 0.25) is 5.02 Å². The lowest BCUT2D eigenvalue weighted by molar-refractivity contribution is 0.549. The van der Waals surface area contributed by atoms with E-state index in [1.165, 1.54) is 11.1 Å². The van der Waals surface area contributed by atoms with E-state index in [2.05, 4.69) is 58.5 Å². The molecule has 0 radical (unpaired) electrons. The fourth-order valence-electron chi connectivity index (χ4n) is 2.32. The van der Waals surface area contributed by atoms with Gasteiger partial charge in [0.1, 0.15) is 0 Å². The molecule has 0 fully saturated rings. The Balaban J connectivity index is 2.27. The highest BCUT2D eigenvalue weighted by Crippen LogP contribution is 2.26. The maximum absolute atomic E-state index is 6.12. The molecule has 0 aromatic heterocycles. The van der Waals surface area contributed by atoms with E-state index in [0.717, 1.165) is 28.0 Å². The molecule has 0 amide bonds. The molecule has 106 valence electrons. The van der Waals surface area contributed by atoms with Crippen molar-refractivity contribution in [3.05, 3.63) is 68.7 Å². The number of nitrogens with one attached hydrogen (secondary N) is 1. The molecular weight excluding hydrogens is 334 g/mol. The van der Waals surface area contributed by atoms with Gasteiger partial charge >= 0.3 is 0 Å². The summed E-state index contributed by atoms with van der Waals surface area (Å²) in [6, 6.07) is 14.9. The van der Waals surface area contributed by atoms with Crippen molar-refractivity contribution in [1.29, 1.82) is 0 Å². The first kappa shape index (κ1) is 15.6. The van der Waals surface area contributed by atoms with Gasteiger partial charge in [-0.05, 0) is 48.7 Å². The second-order valence-corrected chi connectivity index (χ2v) is 6.18. The quantitative estimate of drug-likeness (QED) is 0.769. The Kier molecular flexibility index (Phi) is 5.64. The molecule has 2 rings (SSSR count). The van der Waals surface area contributed by atoms with Crippen LogP contribution in [0.25, 0.3) is 0 Å². The Bertz CT molecular complexity index is 583. The molecule has 2 aromatic rings. The molecule has 0 aliphatic carbocycles. The number of rotatable bonds is 5. The summed E-state index contributed by atoms with van der Waals surface area (Å²) in [7, 11) is 0. The summed E-state index contributed by atoms with van der Waals surface area (Å²) in [5.41, 5.74) is 3.72. The zero-order chi connectivity index (χ0) is 14.5. The average molecular weight is 353 g/mol. The van der Waals surface area contributed by atoms with Gasteiger partial charge in [0.05, 0.1) is 0 Å². The standard InChI is InChI=1S/C17H19BrClN/c1-3-20-17(11-13-6-4-5-7-15(13)18)14-8-9-16(19)12(2)10-14/h4-10,17,20H,3,11H2,1-2H3. The molecule has 1 atom stereocenters. The largest absolute Gasteiger partial charge is 0.310 e. The zero-order valence-corrected chi connectivity index (χ0v) is 14.1. The minimum Gasteiger partial charge on any atom is -0.310 e. The average Bonchev–Trinajstić information content (AvgIpc) is 2.44. The van der Waals surface area contributed by atoms with Crippen molar-refractivity contribution < 1.29 is 0 Å². The van der Waals surface area contributed by atoms with Crippen molar-refractivity contribution in [2.75, 3.05) is 6.54 Å². The molecule has 0 aliphatic rings. The first-order valence-electron chi connectivity index (χ1n) is 6.84. The molecule has 1 N–H and O–H groups in total. The van der Waals surface area contributed by atoms with Gasteiger partial charge in [-0.1, -0.05) is 64.8 Å². The summed E-state index contributed by atoms with van der Waals surface area (Å²) in [5, 5.41) is 4.38. The van der Waals surface area contributed by atoms with Crippen LogP contribution >= 0.6 is 27.5 Å². The fourth-order valence-corrected chi connectivity index (χ4v) is 2.89. The SMILES string of the molecule is CCNC(Cc1ccccc1Br)c1ccc(Cl)c(C)c1. The van der Waals surface area contributed by atoms with Gasteiger partial charge in [0.25, 0.3) is 0 Å². The van der Waals surface area contributed by atoms with Crippen molar-refractivity contribution >= 4 is 27.5 Å². The van der Waals surface area contributed by atoms with E-state index in [9.17, 15) is 0 Å². The van der Waals surface area contributed by atoms with Crippen LogP contribution < -0.4 is 5.32 Å². The molecule has 0 spiro atoms. The second-order valence-electron chi connectivity index (χ2n) is 4.91. The van der Waals surface area contributed by atoms with E-state index >= 15 is 0 Å². The number of halogens is 2. The number of hydrogen-bond donors (Lipinski definition) is 1. The van der Waals surface area contributed by atoms with Gasteiger partial charge in [0.2, 0.25) is 0 Å². The van der Waals surface area contributed by atoms with Crippen LogP contribution in [0.5, 0.6) is 0 Å². The van der Waals surface area contributed by atoms with Gasteiger partial charge < -0.3 is 5.32 Å². The number of likely N-dealkylation sites (N-methyl/N-ethyl adjacent to an activating group) is 1. The molecule has 0 bridgehead atoms. The Morgan fingerprint density at radius 3 is 2.60 bits per heavy atom. The predicted octanol–water partition coefficient (Wildman–Crippen LogP) is 5.30. The molecule has 3 heteroatoms. The summed E-state index contributed by atoms with van der Waals surface area (Å²) in [6.07, 6.45) is 0.955. The molecule has 0 saturated heterocycles. The number of aryl methyl sites for hydroxylation is 1. The maximum Gasteiger partial charge on any atom is 0.0435 e. The highest BCUT2D eigenvalue weighted by Gasteiger charge is 2.13. The lowest BCUT2D eigenvalue weighted by Gasteiger charge is -2.20. The Hall–Kier alpha value is -0.830. The molecule has 0 aliphatic heterocycles. The van der Waals surface area contributed by atoms with Crippen LogP contribution in [0.4, 0.5) is 0 Å². The first-order chi connectivity index (χ1) is 9.61. The van der Waals surface area contributed by atoms with Gasteiger partial charge in [-0.25, -0.2) is 0 Å². The number of hydrogen-bond acceptors (Lipinski definition) is 1. The van der Waals surface area contributed by atoms with Gasteiger partial charge in [-0.3, -0.25) is 0 Å². The Labute approximate surface area is 134 Å². The first-order valence-corrected chi connectivity index (χ1v) is 8.01. The van der Waals surface area contributed by atoms with Gasteiger partial charge in [0.15, 0.2) is 0 Å². The predicted molar refractivity (Wildman–Crippen MR) is 90.5 cm³/mol. The molecule has 20 heavy (non-hydrogen) atoms. The lowest BCUT2D eigenvalue weighted by atomic mass is 9.97. The second kappa shape index (κ2) is 7.26. The zero-order valence-electron chi connectivity index (χ0n) is 11.8. The van der Waals surface area contributed by atoms with Crippen molar-refractivity contribution in [3.8, 4) is 0 Å². The molecule has 1 nitrogen and oxygen atoms in total. The minimum atomic E-state index is 0.301. The van der Waals surface area contributed by atoms with E-state index in [0.29, 0.717) is 6.04 Å². The van der Waals surface area contributed by atoms with Crippen LogP contribution in [0.3, 0.4) is 0 Å². The minimum absolute atomic E-state index is 0.301. The summed E-state index contributed by atoms with van der Waals surface area (Å²) in [4.78, 5) is 0. The lowest BCUT2D eigenvalue weighted by Crippen LogP contribution is -2.23. The summed E-state index contributed by atoms with van der Waals surface area (Å²) < 4.78 is 1.16. The summed E-state index contributed by atoms with van der Waals surface area (Å²) in [5.74, 6) is 0. The molecular formula is C17H19BrClN. The Morgan fingerprint density at radius 2 is 1.95 bits per heavy atom. The van der Waals surface area contributed by atoms with Gasteiger partial charge in [0, 0.05) is 15.5 Å². The van der Waals surface area contributed by atoms with Crippen molar-refractivity contribution in [2.45, 2.75) is 26.3 Å². The molecule has 0 saturated carbocycles. The van der Waals surface area contributed by atoms with Crippen LogP contribution in [0.1, 0.15) is 29.7 Å². The van der Waals surface area contributed by atoms with E-state index < -0.39 is 0 Å². The highest BCUT2D eigenvalue weighted by atomic mass is 79.9. The third-order valence-electron chi connectivity index (χ3n) is 3.42. The van der Waals surface area contributed by atoms with Crippen LogP contribution in [0.15, 0.2) is 46.9 Å². The third kappa shape index (κ3) is 3.85. The fraction of sp³-hybridized carbons (Fsp3) is 0.294. The highest BCUT2D eigenvalue weighted by molar-refractivity contribution is 9.10. The number of benzene rings is 2. The van der Waals surface area contributed by atoms with Gasteiger partial charge in [-0.15, -0.1) is 0 Å². The monoisotopic (exact) mass is 351 g/mol.